The first-order valence-electron chi connectivity index (χ1n) is 8.03. The summed E-state index contributed by atoms with van der Waals surface area (Å²) in [6.07, 6.45) is 6.72. The average Bonchev–Trinajstić information content (AvgIpc) is 2.97. The molecule has 3 rings (SSSR count). The van der Waals surface area contributed by atoms with Crippen LogP contribution in [0.25, 0.3) is 0 Å². The van der Waals surface area contributed by atoms with Crippen molar-refractivity contribution >= 4 is 29.9 Å². The van der Waals surface area contributed by atoms with Gasteiger partial charge in [0.2, 0.25) is 5.88 Å². The summed E-state index contributed by atoms with van der Waals surface area (Å²) in [4.78, 5) is 8.61. The lowest BCUT2D eigenvalue weighted by Crippen LogP contribution is -2.37. The van der Waals surface area contributed by atoms with Gasteiger partial charge in [0.05, 0.1) is 19.8 Å². The van der Waals surface area contributed by atoms with Crippen LogP contribution < -0.4 is 15.8 Å². The summed E-state index contributed by atoms with van der Waals surface area (Å²) in [5, 5.41) is 3.19. The summed E-state index contributed by atoms with van der Waals surface area (Å²) >= 11 is 0. The molecule has 0 amide bonds. The van der Waals surface area contributed by atoms with Crippen molar-refractivity contribution < 1.29 is 9.47 Å². The zero-order chi connectivity index (χ0) is 15.2. The lowest BCUT2D eigenvalue weighted by atomic mass is 9.85. The topological polar surface area (TPSA) is 81.8 Å². The predicted molar refractivity (Wildman–Crippen MR) is 100 cm³/mol. The van der Waals surface area contributed by atoms with Crippen LogP contribution in [0.5, 0.6) is 5.88 Å². The Morgan fingerprint density at radius 2 is 2.30 bits per heavy atom. The van der Waals surface area contributed by atoms with Crippen molar-refractivity contribution in [3.05, 3.63) is 23.9 Å². The van der Waals surface area contributed by atoms with Crippen LogP contribution in [0, 0.1) is 5.92 Å². The van der Waals surface area contributed by atoms with Crippen LogP contribution in [0.1, 0.15) is 31.2 Å². The van der Waals surface area contributed by atoms with Crippen molar-refractivity contribution in [2.24, 2.45) is 16.6 Å². The molecule has 1 aromatic heterocycles. The molecule has 7 heteroatoms. The smallest absolute Gasteiger partial charge is 0.213 e. The van der Waals surface area contributed by atoms with Crippen LogP contribution in [0.4, 0.5) is 0 Å². The fourth-order valence-electron chi connectivity index (χ4n) is 2.57. The normalized spacial score (nSPS) is 21.4. The zero-order valence-electron chi connectivity index (χ0n) is 13.2. The van der Waals surface area contributed by atoms with Crippen molar-refractivity contribution in [2.45, 2.75) is 38.3 Å². The van der Waals surface area contributed by atoms with Gasteiger partial charge in [0.1, 0.15) is 6.10 Å². The Labute approximate surface area is 154 Å². The fraction of sp³-hybridized carbons (Fsp3) is 0.625. The Kier molecular flexibility index (Phi) is 7.35. The van der Waals surface area contributed by atoms with E-state index in [9.17, 15) is 0 Å². The highest BCUT2D eigenvalue weighted by atomic mass is 127. The van der Waals surface area contributed by atoms with Gasteiger partial charge in [0.15, 0.2) is 5.96 Å². The van der Waals surface area contributed by atoms with E-state index in [1.807, 2.05) is 12.1 Å². The summed E-state index contributed by atoms with van der Waals surface area (Å²) in [7, 11) is 0. The second kappa shape index (κ2) is 9.27. The molecule has 0 bridgehead atoms. The van der Waals surface area contributed by atoms with E-state index in [1.54, 1.807) is 6.20 Å². The molecular formula is C16H25IN4O2. The predicted octanol–water partition coefficient (Wildman–Crippen LogP) is 2.07. The number of halogens is 1. The van der Waals surface area contributed by atoms with Crippen LogP contribution in [0.3, 0.4) is 0 Å². The van der Waals surface area contributed by atoms with Crippen LogP contribution in [0.2, 0.25) is 0 Å². The molecule has 2 fully saturated rings. The lowest BCUT2D eigenvalue weighted by molar-refractivity contribution is 0.138. The molecule has 0 aromatic carbocycles. The highest BCUT2D eigenvalue weighted by molar-refractivity contribution is 14.0. The number of guanidine groups is 1. The number of rotatable bonds is 6. The Bertz CT molecular complexity index is 517. The van der Waals surface area contributed by atoms with Gasteiger partial charge in [0, 0.05) is 25.2 Å². The molecular weight excluding hydrogens is 407 g/mol. The van der Waals surface area contributed by atoms with Crippen molar-refractivity contribution in [3.63, 3.8) is 0 Å². The first-order chi connectivity index (χ1) is 10.8. The van der Waals surface area contributed by atoms with Gasteiger partial charge >= 0.3 is 0 Å². The first kappa shape index (κ1) is 18.3. The van der Waals surface area contributed by atoms with Crippen molar-refractivity contribution in [1.29, 1.82) is 0 Å². The van der Waals surface area contributed by atoms with E-state index in [-0.39, 0.29) is 30.1 Å². The molecule has 0 spiro atoms. The van der Waals surface area contributed by atoms with Crippen LogP contribution in [-0.2, 0) is 11.3 Å². The number of pyridine rings is 1. The van der Waals surface area contributed by atoms with E-state index in [1.165, 1.54) is 19.3 Å². The molecule has 6 nitrogen and oxygen atoms in total. The van der Waals surface area contributed by atoms with Gasteiger partial charge in [-0.15, -0.1) is 24.0 Å². The largest absolute Gasteiger partial charge is 0.472 e. The number of hydrogen-bond donors (Lipinski definition) is 2. The zero-order valence-corrected chi connectivity index (χ0v) is 15.6. The molecule has 0 radical (unpaired) electrons. The van der Waals surface area contributed by atoms with Gasteiger partial charge in [-0.05, 0) is 30.4 Å². The van der Waals surface area contributed by atoms with Gasteiger partial charge in [-0.2, -0.15) is 0 Å². The summed E-state index contributed by atoms with van der Waals surface area (Å²) in [5.74, 6) is 1.91. The Hall–Kier alpha value is -1.09. The maximum atomic E-state index is 5.89. The fourth-order valence-corrected chi connectivity index (χ4v) is 2.57. The lowest BCUT2D eigenvalue weighted by Gasteiger charge is -2.25. The molecule has 1 unspecified atom stereocenters. The summed E-state index contributed by atoms with van der Waals surface area (Å²) in [6.45, 7) is 2.87. The molecule has 2 heterocycles. The molecule has 2 aliphatic rings. The van der Waals surface area contributed by atoms with E-state index in [0.717, 1.165) is 31.1 Å². The Morgan fingerprint density at radius 3 is 3.00 bits per heavy atom. The van der Waals surface area contributed by atoms with Gasteiger partial charge in [-0.1, -0.05) is 6.42 Å². The molecule has 1 saturated carbocycles. The van der Waals surface area contributed by atoms with E-state index < -0.39 is 0 Å². The number of hydrogen-bond acceptors (Lipinski definition) is 4. The Morgan fingerprint density at radius 1 is 1.43 bits per heavy atom. The summed E-state index contributed by atoms with van der Waals surface area (Å²) in [5.41, 5.74) is 6.93. The molecule has 1 aliphatic heterocycles. The van der Waals surface area contributed by atoms with Crippen molar-refractivity contribution in [1.82, 2.24) is 10.3 Å². The Balaban J connectivity index is 0.00000192. The molecule has 128 valence electrons. The first-order valence-corrected chi connectivity index (χ1v) is 8.03. The molecule has 3 N–H and O–H groups in total. The quantitative estimate of drug-likeness (QED) is 0.409. The number of nitrogens with two attached hydrogens (primary N) is 1. The standard InChI is InChI=1S/C16H24N4O2.HI/c17-16(19-9-12-2-1-3-12)20-10-13-4-6-18-15(8-13)22-14-5-7-21-11-14;/h4,6,8,12,14H,1-3,5,7,9-11H2,(H3,17,19,20);1H. The number of ether oxygens (including phenoxy) is 2. The molecule has 1 saturated heterocycles. The third-order valence-electron chi connectivity index (χ3n) is 4.20. The highest BCUT2D eigenvalue weighted by Gasteiger charge is 2.18. The third kappa shape index (κ3) is 5.80. The van der Waals surface area contributed by atoms with Gasteiger partial charge in [-0.3, -0.25) is 0 Å². The van der Waals surface area contributed by atoms with Gasteiger partial charge < -0.3 is 20.5 Å². The highest BCUT2D eigenvalue weighted by Crippen LogP contribution is 2.25. The second-order valence-electron chi connectivity index (χ2n) is 5.99. The summed E-state index contributed by atoms with van der Waals surface area (Å²) in [6, 6.07) is 3.85. The minimum absolute atomic E-state index is 0. The number of aromatic nitrogens is 1. The number of nitrogens with zero attached hydrogens (tertiary/aromatic N) is 2. The average molecular weight is 432 g/mol. The maximum Gasteiger partial charge on any atom is 0.213 e. The van der Waals surface area contributed by atoms with Crippen LogP contribution in [0.15, 0.2) is 23.3 Å². The maximum absolute atomic E-state index is 5.89. The minimum Gasteiger partial charge on any atom is -0.472 e. The third-order valence-corrected chi connectivity index (χ3v) is 4.20. The van der Waals surface area contributed by atoms with Crippen LogP contribution >= 0.6 is 24.0 Å². The minimum atomic E-state index is 0. The van der Waals surface area contributed by atoms with Gasteiger partial charge in [0.25, 0.3) is 0 Å². The van der Waals surface area contributed by atoms with Crippen LogP contribution in [-0.4, -0.2) is 36.8 Å². The molecule has 1 aliphatic carbocycles. The van der Waals surface area contributed by atoms with E-state index >= 15 is 0 Å². The summed E-state index contributed by atoms with van der Waals surface area (Å²) < 4.78 is 11.1. The monoisotopic (exact) mass is 432 g/mol. The molecule has 1 aromatic rings. The number of aliphatic imine (C=N–C) groups is 1. The van der Waals surface area contributed by atoms with Crippen molar-refractivity contribution in [3.8, 4) is 5.88 Å². The van der Waals surface area contributed by atoms with E-state index in [2.05, 4.69) is 15.3 Å². The SMILES string of the molecule is I.NC(=NCc1ccnc(OC2CCOC2)c1)NCC1CCC1. The van der Waals surface area contributed by atoms with Crippen molar-refractivity contribution in [2.75, 3.05) is 19.8 Å². The second-order valence-corrected chi connectivity index (χ2v) is 5.99. The van der Waals surface area contributed by atoms with E-state index in [0.29, 0.717) is 25.0 Å². The number of nitrogens with one attached hydrogen (secondary N) is 1. The van der Waals surface area contributed by atoms with Gasteiger partial charge in [-0.25, -0.2) is 9.98 Å². The van der Waals surface area contributed by atoms with E-state index in [4.69, 9.17) is 15.2 Å². The molecule has 23 heavy (non-hydrogen) atoms. The molecule has 1 atom stereocenters.